The van der Waals surface area contributed by atoms with Gasteiger partial charge < -0.3 is 9.73 Å². The number of rotatable bonds is 5. The maximum atomic E-state index is 6.31. The molecule has 1 aliphatic carbocycles. The number of hydrogen-bond donors (Lipinski definition) is 1. The van der Waals surface area contributed by atoms with E-state index in [9.17, 15) is 0 Å². The third-order valence-corrected chi connectivity index (χ3v) is 8.79. The summed E-state index contributed by atoms with van der Waals surface area (Å²) < 4.78 is 6.31. The summed E-state index contributed by atoms with van der Waals surface area (Å²) in [4.78, 5) is 15.0. The van der Waals surface area contributed by atoms with Gasteiger partial charge in [-0.25, -0.2) is 15.0 Å². The lowest BCUT2D eigenvalue weighted by Crippen LogP contribution is -2.22. The van der Waals surface area contributed by atoms with E-state index in [0.29, 0.717) is 17.5 Å². The van der Waals surface area contributed by atoms with Crippen molar-refractivity contribution >= 4 is 22.9 Å². The summed E-state index contributed by atoms with van der Waals surface area (Å²) in [5.41, 5.74) is 10.4. The van der Waals surface area contributed by atoms with Gasteiger partial charge in [0.2, 0.25) is 5.88 Å². The second-order valence-corrected chi connectivity index (χ2v) is 11.7. The van der Waals surface area contributed by atoms with E-state index in [1.54, 1.807) is 0 Å². The Hall–Kier alpha value is -6.33. The van der Waals surface area contributed by atoms with E-state index in [1.807, 2.05) is 48.5 Å². The number of hydrogen-bond acceptors (Lipinski definition) is 5. The van der Waals surface area contributed by atoms with E-state index in [4.69, 9.17) is 19.4 Å². The van der Waals surface area contributed by atoms with E-state index < -0.39 is 0 Å². The zero-order chi connectivity index (χ0) is 31.2. The van der Waals surface area contributed by atoms with E-state index >= 15 is 0 Å². The molecule has 0 saturated carbocycles. The highest BCUT2D eigenvalue weighted by atomic mass is 16.4. The van der Waals surface area contributed by atoms with Crippen molar-refractivity contribution in [1.82, 2.24) is 15.0 Å². The van der Waals surface area contributed by atoms with E-state index in [2.05, 4.69) is 115 Å². The number of anilines is 1. The first-order valence-corrected chi connectivity index (χ1v) is 15.7. The minimum absolute atomic E-state index is 0.126. The van der Waals surface area contributed by atoms with E-state index in [-0.39, 0.29) is 6.04 Å². The van der Waals surface area contributed by atoms with Crippen molar-refractivity contribution in [2.24, 2.45) is 0 Å². The van der Waals surface area contributed by atoms with Crippen molar-refractivity contribution in [2.45, 2.75) is 6.04 Å². The predicted octanol–water partition coefficient (Wildman–Crippen LogP) is 10.3. The van der Waals surface area contributed by atoms with Crippen molar-refractivity contribution in [3.8, 4) is 56.4 Å². The minimum atomic E-state index is 0.126. The highest BCUT2D eigenvalue weighted by Gasteiger charge is 2.25. The van der Waals surface area contributed by atoms with Crippen LogP contribution in [0.25, 0.3) is 73.5 Å². The molecule has 2 aliphatic rings. The van der Waals surface area contributed by atoms with Crippen molar-refractivity contribution in [3.63, 3.8) is 0 Å². The molecular formula is C42H28N4O. The Morgan fingerprint density at radius 2 is 1.11 bits per heavy atom. The van der Waals surface area contributed by atoms with Gasteiger partial charge in [0.25, 0.3) is 0 Å². The molecule has 1 N–H and O–H groups in total. The van der Waals surface area contributed by atoms with E-state index in [0.717, 1.165) is 61.4 Å². The van der Waals surface area contributed by atoms with Crippen LogP contribution in [-0.2, 0) is 0 Å². The highest BCUT2D eigenvalue weighted by molar-refractivity contribution is 6.04. The molecular weight excluding hydrogens is 576 g/mol. The lowest BCUT2D eigenvalue weighted by Gasteiger charge is -2.22. The molecule has 0 bridgehead atoms. The van der Waals surface area contributed by atoms with Gasteiger partial charge in [0.1, 0.15) is 5.58 Å². The summed E-state index contributed by atoms with van der Waals surface area (Å²) >= 11 is 0. The summed E-state index contributed by atoms with van der Waals surface area (Å²) in [6, 6.07) is 43.6. The molecule has 7 aromatic rings. The number of furan rings is 1. The van der Waals surface area contributed by atoms with Gasteiger partial charge in [-0.1, -0.05) is 146 Å². The maximum absolute atomic E-state index is 6.31. The second-order valence-electron chi connectivity index (χ2n) is 11.7. The number of allylic oxidation sites excluding steroid dienone is 2. The third kappa shape index (κ3) is 4.86. The monoisotopic (exact) mass is 604 g/mol. The van der Waals surface area contributed by atoms with Gasteiger partial charge in [0.15, 0.2) is 17.5 Å². The lowest BCUT2D eigenvalue weighted by atomic mass is 9.93. The van der Waals surface area contributed by atoms with Gasteiger partial charge in [-0.2, -0.15) is 0 Å². The Labute approximate surface area is 272 Å². The van der Waals surface area contributed by atoms with Gasteiger partial charge >= 0.3 is 0 Å². The second kappa shape index (κ2) is 11.2. The fourth-order valence-electron chi connectivity index (χ4n) is 6.48. The molecule has 0 spiro atoms. The topological polar surface area (TPSA) is 63.8 Å². The Bertz CT molecular complexity index is 2370. The molecule has 5 nitrogen and oxygen atoms in total. The molecule has 5 heteroatoms. The normalized spacial score (nSPS) is 14.7. The van der Waals surface area contributed by atoms with Crippen molar-refractivity contribution < 1.29 is 4.42 Å². The Morgan fingerprint density at radius 3 is 1.87 bits per heavy atom. The van der Waals surface area contributed by atoms with Crippen LogP contribution in [0, 0.1) is 0 Å². The fraction of sp³-hybridized carbons (Fsp3) is 0.0238. The van der Waals surface area contributed by atoms with E-state index in [1.165, 1.54) is 5.57 Å². The zero-order valence-corrected chi connectivity index (χ0v) is 25.3. The van der Waals surface area contributed by atoms with Gasteiger partial charge in [-0.15, -0.1) is 0 Å². The van der Waals surface area contributed by atoms with Crippen LogP contribution in [0.1, 0.15) is 5.56 Å². The molecule has 222 valence electrons. The number of nitrogens with zero attached hydrogens (tertiary/aromatic N) is 3. The first-order chi connectivity index (χ1) is 23.3. The van der Waals surface area contributed by atoms with Crippen LogP contribution in [0.15, 0.2) is 162 Å². The van der Waals surface area contributed by atoms with Gasteiger partial charge in [-0.3, -0.25) is 0 Å². The van der Waals surface area contributed by atoms with Crippen LogP contribution in [0.4, 0.5) is 5.88 Å². The largest absolute Gasteiger partial charge is 0.440 e. The van der Waals surface area contributed by atoms with Crippen molar-refractivity contribution in [3.05, 3.63) is 163 Å². The summed E-state index contributed by atoms with van der Waals surface area (Å²) in [6.07, 6.45) is 10.7. The number of fused-ring (bicyclic) bond motifs is 4. The summed E-state index contributed by atoms with van der Waals surface area (Å²) in [7, 11) is 0. The van der Waals surface area contributed by atoms with Gasteiger partial charge in [0.05, 0.1) is 6.04 Å². The van der Waals surface area contributed by atoms with Crippen LogP contribution in [0.2, 0.25) is 0 Å². The number of aromatic nitrogens is 3. The third-order valence-electron chi connectivity index (χ3n) is 8.79. The van der Waals surface area contributed by atoms with Crippen LogP contribution < -0.4 is 5.32 Å². The SMILES string of the molecule is C1=CC2=Cc3c(oc4cccc(-c5ccc(-c6nc(-c7ccccc7)nc(-c7ccccc7-c7ccccc7)n6)cc5)c34)NC2C=C1. The molecule has 0 fully saturated rings. The molecule has 1 unspecified atom stereocenters. The molecule has 3 heterocycles. The molecule has 0 radical (unpaired) electrons. The zero-order valence-electron chi connectivity index (χ0n) is 25.3. The molecule has 0 amide bonds. The number of nitrogens with one attached hydrogen (secondary N) is 1. The molecule has 9 rings (SSSR count). The lowest BCUT2D eigenvalue weighted by molar-refractivity contribution is 0.622. The summed E-state index contributed by atoms with van der Waals surface area (Å²) in [5, 5.41) is 4.65. The van der Waals surface area contributed by atoms with Crippen molar-refractivity contribution in [2.75, 3.05) is 5.32 Å². The highest BCUT2D eigenvalue weighted by Crippen LogP contribution is 2.42. The molecule has 47 heavy (non-hydrogen) atoms. The summed E-state index contributed by atoms with van der Waals surface area (Å²) in [5.74, 6) is 2.70. The smallest absolute Gasteiger partial charge is 0.202 e. The van der Waals surface area contributed by atoms with Crippen LogP contribution in [-0.4, -0.2) is 21.0 Å². The molecule has 1 aliphatic heterocycles. The van der Waals surface area contributed by atoms with Crippen LogP contribution >= 0.6 is 0 Å². The fourth-order valence-corrected chi connectivity index (χ4v) is 6.48. The average Bonchev–Trinajstić information content (AvgIpc) is 3.52. The Morgan fingerprint density at radius 1 is 0.511 bits per heavy atom. The van der Waals surface area contributed by atoms with Gasteiger partial charge in [-0.05, 0) is 40.0 Å². The number of benzene rings is 5. The standard InChI is InChI=1S/C42H28N4O/c1-3-12-27(13-4-1)32-17-8-9-18-34(32)41-45-39(29-14-5-2-6-15-29)44-40(46-41)30-24-22-28(23-25-30)33-19-11-21-37-38(33)35-26-31-16-7-10-20-36(31)43-42(35)47-37/h1-26,36,43H. The van der Waals surface area contributed by atoms with Crippen LogP contribution in [0.5, 0.6) is 0 Å². The van der Waals surface area contributed by atoms with Crippen LogP contribution in [0.3, 0.4) is 0 Å². The first-order valence-electron chi connectivity index (χ1n) is 15.7. The van der Waals surface area contributed by atoms with Gasteiger partial charge in [0, 0.05) is 27.6 Å². The molecule has 0 saturated heterocycles. The van der Waals surface area contributed by atoms with Crippen molar-refractivity contribution in [1.29, 1.82) is 0 Å². The Kier molecular flexibility index (Phi) is 6.46. The minimum Gasteiger partial charge on any atom is -0.440 e. The molecule has 2 aromatic heterocycles. The maximum Gasteiger partial charge on any atom is 0.202 e. The molecule has 5 aromatic carbocycles. The first kappa shape index (κ1) is 27.0. The summed E-state index contributed by atoms with van der Waals surface area (Å²) in [6.45, 7) is 0. The average molecular weight is 605 g/mol. The Balaban J connectivity index is 1.15. The molecule has 1 atom stereocenters. The predicted molar refractivity (Wildman–Crippen MR) is 190 cm³/mol. The quantitative estimate of drug-likeness (QED) is 0.212.